The van der Waals surface area contributed by atoms with Crippen molar-refractivity contribution < 1.29 is 14.0 Å². The zero-order chi connectivity index (χ0) is 13.3. The number of hydrogen-bond acceptors (Lipinski definition) is 2. The highest BCUT2D eigenvalue weighted by molar-refractivity contribution is 6.62. The van der Waals surface area contributed by atoms with Crippen LogP contribution in [0.15, 0.2) is 18.2 Å². The number of aryl methyl sites for hydroxylation is 1. The maximum absolute atomic E-state index is 13.1. The molecule has 1 aromatic rings. The summed E-state index contributed by atoms with van der Waals surface area (Å²) in [5.41, 5.74) is 1.50. The molecule has 1 aliphatic heterocycles. The summed E-state index contributed by atoms with van der Waals surface area (Å²) >= 11 is 5.53. The molecule has 5 heteroatoms. The Kier molecular flexibility index (Phi) is 3.66. The minimum atomic E-state index is -0.573. The van der Waals surface area contributed by atoms with Gasteiger partial charge in [0.1, 0.15) is 11.6 Å². The van der Waals surface area contributed by atoms with E-state index in [1.807, 2.05) is 0 Å². The smallest absolute Gasteiger partial charge is 0.316 e. The number of rotatable bonds is 1. The van der Waals surface area contributed by atoms with Crippen molar-refractivity contribution in [1.29, 1.82) is 0 Å². The first-order valence-corrected chi connectivity index (χ1v) is 6.10. The van der Waals surface area contributed by atoms with Gasteiger partial charge in [-0.15, -0.1) is 0 Å². The summed E-state index contributed by atoms with van der Waals surface area (Å²) in [4.78, 5) is 24.4. The zero-order valence-electron chi connectivity index (χ0n) is 9.95. The maximum Gasteiger partial charge on any atom is 0.316 e. The summed E-state index contributed by atoms with van der Waals surface area (Å²) in [5.74, 6) is -0.236. The van der Waals surface area contributed by atoms with E-state index in [2.05, 4.69) is 0 Å². The van der Waals surface area contributed by atoms with Crippen molar-refractivity contribution in [2.24, 2.45) is 0 Å². The Morgan fingerprint density at radius 1 is 1.50 bits per heavy atom. The zero-order valence-corrected chi connectivity index (χ0v) is 10.7. The van der Waals surface area contributed by atoms with Crippen molar-refractivity contribution in [3.05, 3.63) is 35.1 Å². The quantitative estimate of drug-likeness (QED) is 0.580. The van der Waals surface area contributed by atoms with E-state index in [-0.39, 0.29) is 24.1 Å². The first kappa shape index (κ1) is 13.0. The van der Waals surface area contributed by atoms with Gasteiger partial charge in [-0.25, -0.2) is 4.39 Å². The number of hydrogen-bond donors (Lipinski definition) is 0. The van der Waals surface area contributed by atoms with Crippen LogP contribution < -0.4 is 0 Å². The highest BCUT2D eigenvalue weighted by atomic mass is 35.5. The number of Topliss-reactive ketones (excluding diaryl/α,β-unsaturated/α-hetero) is 1. The SMILES string of the molecule is Cc1cc(F)ccc1C1CC(=O)CCN1C(=O)Cl. The Morgan fingerprint density at radius 2 is 2.22 bits per heavy atom. The third-order valence-electron chi connectivity index (χ3n) is 3.25. The largest absolute Gasteiger partial charge is 0.321 e. The van der Waals surface area contributed by atoms with Crippen LogP contribution in [0.25, 0.3) is 0 Å². The Balaban J connectivity index is 2.38. The molecule has 18 heavy (non-hydrogen) atoms. The van der Waals surface area contributed by atoms with Gasteiger partial charge in [0.05, 0.1) is 6.04 Å². The number of amides is 1. The van der Waals surface area contributed by atoms with E-state index in [1.165, 1.54) is 17.0 Å². The average molecular weight is 270 g/mol. The first-order valence-electron chi connectivity index (χ1n) is 5.73. The van der Waals surface area contributed by atoms with Gasteiger partial charge in [0.2, 0.25) is 0 Å². The Bertz CT molecular complexity index is 504. The third-order valence-corrected chi connectivity index (χ3v) is 3.46. The molecule has 2 rings (SSSR count). The van der Waals surface area contributed by atoms with E-state index in [4.69, 9.17) is 11.6 Å². The second kappa shape index (κ2) is 5.06. The molecule has 0 bridgehead atoms. The van der Waals surface area contributed by atoms with Gasteiger partial charge in [-0.3, -0.25) is 9.59 Å². The van der Waals surface area contributed by atoms with Crippen LogP contribution in [-0.4, -0.2) is 22.6 Å². The van der Waals surface area contributed by atoms with Gasteiger partial charge in [0, 0.05) is 19.4 Å². The number of carbonyl (C=O) groups is 2. The number of carbonyl (C=O) groups excluding carboxylic acids is 2. The standard InChI is InChI=1S/C13H13ClFNO2/c1-8-6-9(15)2-3-11(8)12-7-10(17)4-5-16(12)13(14)18/h2-3,6,12H,4-5,7H2,1H3. The summed E-state index contributed by atoms with van der Waals surface area (Å²) in [6.45, 7) is 2.08. The lowest BCUT2D eigenvalue weighted by atomic mass is 9.92. The molecular weight excluding hydrogens is 257 g/mol. The molecule has 1 heterocycles. The van der Waals surface area contributed by atoms with Crippen molar-refractivity contribution >= 4 is 22.8 Å². The van der Waals surface area contributed by atoms with E-state index in [1.54, 1.807) is 13.0 Å². The highest BCUT2D eigenvalue weighted by Gasteiger charge is 2.31. The van der Waals surface area contributed by atoms with Crippen molar-refractivity contribution in [1.82, 2.24) is 4.90 Å². The Hall–Kier alpha value is -1.42. The predicted molar refractivity (Wildman–Crippen MR) is 66.1 cm³/mol. The fourth-order valence-corrected chi connectivity index (χ4v) is 2.53. The van der Waals surface area contributed by atoms with E-state index < -0.39 is 5.37 Å². The molecule has 1 aliphatic rings. The minimum absolute atomic E-state index is 0.0953. The van der Waals surface area contributed by atoms with Crippen LogP contribution in [0.2, 0.25) is 0 Å². The van der Waals surface area contributed by atoms with Crippen LogP contribution in [0.1, 0.15) is 30.0 Å². The number of benzene rings is 1. The van der Waals surface area contributed by atoms with Crippen LogP contribution in [-0.2, 0) is 4.79 Å². The fraction of sp³-hybridized carbons (Fsp3) is 0.385. The lowest BCUT2D eigenvalue weighted by Gasteiger charge is -2.34. The minimum Gasteiger partial charge on any atom is -0.321 e. The normalized spacial score (nSPS) is 20.1. The Labute approximate surface area is 110 Å². The second-order valence-corrected chi connectivity index (χ2v) is 4.78. The molecule has 1 atom stereocenters. The molecule has 1 saturated heterocycles. The highest BCUT2D eigenvalue weighted by Crippen LogP contribution is 2.32. The van der Waals surface area contributed by atoms with Gasteiger partial charge >= 0.3 is 5.37 Å². The number of nitrogens with zero attached hydrogens (tertiary/aromatic N) is 1. The molecule has 0 aliphatic carbocycles. The fourth-order valence-electron chi connectivity index (χ4n) is 2.33. The van der Waals surface area contributed by atoms with Crippen LogP contribution in [0.3, 0.4) is 0 Å². The molecule has 1 aromatic carbocycles. The average Bonchev–Trinajstić information content (AvgIpc) is 2.28. The van der Waals surface area contributed by atoms with Crippen molar-refractivity contribution in [2.75, 3.05) is 6.54 Å². The maximum atomic E-state index is 13.1. The third kappa shape index (κ3) is 2.53. The first-order chi connectivity index (χ1) is 8.49. The molecule has 0 N–H and O–H groups in total. The molecule has 0 radical (unpaired) electrons. The summed E-state index contributed by atoms with van der Waals surface area (Å²) in [6, 6.07) is 3.96. The van der Waals surface area contributed by atoms with Gasteiger partial charge in [-0.2, -0.15) is 0 Å². The predicted octanol–water partition coefficient (Wildman–Crippen LogP) is 3.20. The van der Waals surface area contributed by atoms with E-state index >= 15 is 0 Å². The molecule has 0 spiro atoms. The van der Waals surface area contributed by atoms with E-state index in [9.17, 15) is 14.0 Å². The van der Waals surface area contributed by atoms with Gasteiger partial charge in [0.15, 0.2) is 0 Å². The van der Waals surface area contributed by atoms with Crippen LogP contribution in [0.5, 0.6) is 0 Å². The summed E-state index contributed by atoms with van der Waals surface area (Å²) in [5, 5.41) is -0.573. The molecular formula is C13H13ClFNO2. The number of halogens is 2. The molecule has 1 amide bonds. The molecule has 1 unspecified atom stereocenters. The van der Waals surface area contributed by atoms with Crippen LogP contribution >= 0.6 is 11.6 Å². The van der Waals surface area contributed by atoms with Gasteiger partial charge in [-0.1, -0.05) is 6.07 Å². The molecule has 1 fully saturated rings. The van der Waals surface area contributed by atoms with Gasteiger partial charge in [-0.05, 0) is 41.8 Å². The molecule has 0 saturated carbocycles. The number of ketones is 1. The van der Waals surface area contributed by atoms with Crippen LogP contribution in [0, 0.1) is 12.7 Å². The second-order valence-electron chi connectivity index (χ2n) is 4.46. The molecule has 96 valence electrons. The van der Waals surface area contributed by atoms with Crippen molar-refractivity contribution in [3.8, 4) is 0 Å². The molecule has 3 nitrogen and oxygen atoms in total. The number of piperidine rings is 1. The topological polar surface area (TPSA) is 37.4 Å². The lowest BCUT2D eigenvalue weighted by molar-refractivity contribution is -0.122. The van der Waals surface area contributed by atoms with E-state index in [0.29, 0.717) is 13.0 Å². The summed E-state index contributed by atoms with van der Waals surface area (Å²) in [7, 11) is 0. The van der Waals surface area contributed by atoms with Crippen molar-refractivity contribution in [3.63, 3.8) is 0 Å². The van der Waals surface area contributed by atoms with Crippen molar-refractivity contribution in [2.45, 2.75) is 25.8 Å². The molecule has 0 aromatic heterocycles. The van der Waals surface area contributed by atoms with Crippen LogP contribution in [0.4, 0.5) is 9.18 Å². The lowest BCUT2D eigenvalue weighted by Crippen LogP contribution is -2.38. The number of likely N-dealkylation sites (tertiary alicyclic amines) is 1. The van der Waals surface area contributed by atoms with Gasteiger partial charge in [0.25, 0.3) is 0 Å². The monoisotopic (exact) mass is 269 g/mol. The van der Waals surface area contributed by atoms with Gasteiger partial charge < -0.3 is 4.90 Å². The summed E-state index contributed by atoms with van der Waals surface area (Å²) in [6.07, 6.45) is 0.570. The van der Waals surface area contributed by atoms with E-state index in [0.717, 1.165) is 11.1 Å². The Morgan fingerprint density at radius 3 is 2.83 bits per heavy atom. The summed E-state index contributed by atoms with van der Waals surface area (Å²) < 4.78 is 13.1.